The lowest BCUT2D eigenvalue weighted by Crippen LogP contribution is -2.48. The largest absolute Gasteiger partial charge is 0.369 e. The molecule has 0 spiro atoms. The first-order valence-corrected chi connectivity index (χ1v) is 8.29. The van der Waals surface area contributed by atoms with Gasteiger partial charge in [0, 0.05) is 12.0 Å². The van der Waals surface area contributed by atoms with Crippen molar-refractivity contribution in [1.29, 1.82) is 0 Å². The Morgan fingerprint density at radius 2 is 1.79 bits per heavy atom. The summed E-state index contributed by atoms with van der Waals surface area (Å²) in [5, 5.41) is 3.87. The van der Waals surface area contributed by atoms with E-state index in [1.807, 2.05) is 0 Å². The van der Waals surface area contributed by atoms with Crippen LogP contribution in [0.2, 0.25) is 0 Å². The van der Waals surface area contributed by atoms with Gasteiger partial charge in [-0.2, -0.15) is 0 Å². The molecule has 2 unspecified atom stereocenters. The predicted octanol–water partition coefficient (Wildman–Crippen LogP) is 4.14. The summed E-state index contributed by atoms with van der Waals surface area (Å²) in [6.45, 7) is 12.5. The van der Waals surface area contributed by atoms with Crippen LogP contribution in [0, 0.1) is 11.8 Å². The van der Waals surface area contributed by atoms with E-state index in [0.29, 0.717) is 12.0 Å². The summed E-state index contributed by atoms with van der Waals surface area (Å²) in [6, 6.07) is 0.652. The van der Waals surface area contributed by atoms with E-state index in [0.717, 1.165) is 12.5 Å². The molecule has 1 saturated carbocycles. The third kappa shape index (κ3) is 3.52. The Kier molecular flexibility index (Phi) is 4.62. The number of nitrogens with one attached hydrogen (secondary N) is 1. The molecule has 2 atom stereocenters. The molecule has 112 valence electrons. The van der Waals surface area contributed by atoms with Gasteiger partial charge in [0.15, 0.2) is 0 Å². The van der Waals surface area contributed by atoms with Crippen molar-refractivity contribution in [2.24, 2.45) is 11.8 Å². The molecule has 1 aliphatic heterocycles. The fraction of sp³-hybridized carbons (Fsp3) is 1.00. The zero-order valence-corrected chi connectivity index (χ0v) is 13.6. The standard InChI is InChI=1S/C17H33NO/c1-6-11-18-15(13-9-7-8-10-13)14-12-16(2,3)19-17(14,4)5/h13-15,18H,6-12H2,1-5H3. The van der Waals surface area contributed by atoms with Crippen molar-refractivity contribution in [3.63, 3.8) is 0 Å². The molecule has 2 aliphatic rings. The Hall–Kier alpha value is -0.0800. The molecule has 0 bridgehead atoms. The minimum atomic E-state index is 0.0114. The molecular formula is C17H33NO. The summed E-state index contributed by atoms with van der Waals surface area (Å²) in [5.41, 5.74) is 0.0520. The van der Waals surface area contributed by atoms with E-state index in [-0.39, 0.29) is 11.2 Å². The number of ether oxygens (including phenoxy) is 1. The highest BCUT2D eigenvalue weighted by molar-refractivity contribution is 5.01. The molecule has 0 aromatic carbocycles. The lowest BCUT2D eigenvalue weighted by atomic mass is 9.76. The van der Waals surface area contributed by atoms with E-state index in [1.54, 1.807) is 0 Å². The highest BCUT2D eigenvalue weighted by Gasteiger charge is 2.50. The van der Waals surface area contributed by atoms with Crippen molar-refractivity contribution < 1.29 is 4.74 Å². The van der Waals surface area contributed by atoms with E-state index >= 15 is 0 Å². The summed E-state index contributed by atoms with van der Waals surface area (Å²) in [5.74, 6) is 1.52. The second-order valence-corrected chi connectivity index (χ2v) is 7.80. The van der Waals surface area contributed by atoms with E-state index in [9.17, 15) is 0 Å². The maximum Gasteiger partial charge on any atom is 0.0677 e. The Labute approximate surface area is 119 Å². The van der Waals surface area contributed by atoms with Crippen molar-refractivity contribution in [2.75, 3.05) is 6.54 Å². The topological polar surface area (TPSA) is 21.3 Å². The van der Waals surface area contributed by atoms with Crippen LogP contribution in [0.15, 0.2) is 0 Å². The van der Waals surface area contributed by atoms with E-state index in [1.165, 1.54) is 38.5 Å². The van der Waals surface area contributed by atoms with Gasteiger partial charge >= 0.3 is 0 Å². The highest BCUT2D eigenvalue weighted by atomic mass is 16.5. The third-order valence-electron chi connectivity index (χ3n) is 5.12. The van der Waals surface area contributed by atoms with Gasteiger partial charge in [-0.1, -0.05) is 19.8 Å². The van der Waals surface area contributed by atoms with Crippen LogP contribution in [0.3, 0.4) is 0 Å². The Morgan fingerprint density at radius 1 is 1.16 bits per heavy atom. The average molecular weight is 267 g/mol. The monoisotopic (exact) mass is 267 g/mol. The summed E-state index contributed by atoms with van der Waals surface area (Å²) in [6.07, 6.45) is 8.08. The van der Waals surface area contributed by atoms with E-state index < -0.39 is 0 Å². The van der Waals surface area contributed by atoms with Crippen LogP contribution in [0.1, 0.15) is 73.1 Å². The fourth-order valence-corrected chi connectivity index (χ4v) is 4.43. The van der Waals surface area contributed by atoms with Crippen LogP contribution in [-0.2, 0) is 4.74 Å². The molecule has 19 heavy (non-hydrogen) atoms. The van der Waals surface area contributed by atoms with E-state index in [4.69, 9.17) is 4.74 Å². The third-order valence-corrected chi connectivity index (χ3v) is 5.12. The first-order valence-electron chi connectivity index (χ1n) is 8.29. The zero-order valence-electron chi connectivity index (χ0n) is 13.6. The second kappa shape index (κ2) is 5.73. The SMILES string of the molecule is CCCNC(C1CCCC1)C1CC(C)(C)OC1(C)C. The van der Waals surface area contributed by atoms with E-state index in [2.05, 4.69) is 39.9 Å². The van der Waals surface area contributed by atoms with Gasteiger partial charge in [0.05, 0.1) is 11.2 Å². The van der Waals surface area contributed by atoms with Crippen molar-refractivity contribution in [3.8, 4) is 0 Å². The molecule has 1 heterocycles. The molecule has 0 amide bonds. The molecule has 1 aliphatic carbocycles. The van der Waals surface area contributed by atoms with Crippen molar-refractivity contribution >= 4 is 0 Å². The first kappa shape index (κ1) is 15.3. The van der Waals surface area contributed by atoms with Crippen molar-refractivity contribution in [3.05, 3.63) is 0 Å². The molecule has 2 fully saturated rings. The zero-order chi connectivity index (χ0) is 14.1. The normalized spacial score (nSPS) is 31.7. The highest BCUT2D eigenvalue weighted by Crippen LogP contribution is 2.46. The van der Waals surface area contributed by atoms with Crippen molar-refractivity contribution in [2.45, 2.75) is 90.4 Å². The van der Waals surface area contributed by atoms with Crippen LogP contribution < -0.4 is 5.32 Å². The maximum atomic E-state index is 6.33. The Morgan fingerprint density at radius 3 is 2.26 bits per heavy atom. The summed E-state index contributed by atoms with van der Waals surface area (Å²) in [7, 11) is 0. The summed E-state index contributed by atoms with van der Waals surface area (Å²) < 4.78 is 6.33. The quantitative estimate of drug-likeness (QED) is 0.808. The summed E-state index contributed by atoms with van der Waals surface area (Å²) in [4.78, 5) is 0. The van der Waals surface area contributed by atoms with Gasteiger partial charge in [-0.05, 0) is 65.8 Å². The molecule has 1 saturated heterocycles. The molecule has 0 aromatic rings. The van der Waals surface area contributed by atoms with Gasteiger partial charge in [-0.3, -0.25) is 0 Å². The average Bonchev–Trinajstić information content (AvgIpc) is 2.86. The molecule has 1 N–H and O–H groups in total. The Balaban J connectivity index is 2.12. The van der Waals surface area contributed by atoms with Gasteiger partial charge in [0.1, 0.15) is 0 Å². The van der Waals surface area contributed by atoms with Gasteiger partial charge in [0.2, 0.25) is 0 Å². The van der Waals surface area contributed by atoms with Crippen LogP contribution in [0.4, 0.5) is 0 Å². The molecule has 2 nitrogen and oxygen atoms in total. The maximum absolute atomic E-state index is 6.33. The van der Waals surface area contributed by atoms with Gasteiger partial charge in [-0.15, -0.1) is 0 Å². The molecule has 0 aromatic heterocycles. The van der Waals surface area contributed by atoms with Crippen LogP contribution >= 0.6 is 0 Å². The van der Waals surface area contributed by atoms with Crippen molar-refractivity contribution in [1.82, 2.24) is 5.32 Å². The number of hydrogen-bond acceptors (Lipinski definition) is 2. The lowest BCUT2D eigenvalue weighted by Gasteiger charge is -2.37. The molecule has 2 rings (SSSR count). The lowest BCUT2D eigenvalue weighted by molar-refractivity contribution is -0.0795. The van der Waals surface area contributed by atoms with Crippen LogP contribution in [0.25, 0.3) is 0 Å². The minimum absolute atomic E-state index is 0.0114. The van der Waals surface area contributed by atoms with Gasteiger partial charge < -0.3 is 10.1 Å². The van der Waals surface area contributed by atoms with Crippen LogP contribution in [0.5, 0.6) is 0 Å². The van der Waals surface area contributed by atoms with Crippen LogP contribution in [-0.4, -0.2) is 23.8 Å². The van der Waals surface area contributed by atoms with Gasteiger partial charge in [-0.25, -0.2) is 0 Å². The fourth-order valence-electron chi connectivity index (χ4n) is 4.43. The minimum Gasteiger partial charge on any atom is -0.369 e. The molecular weight excluding hydrogens is 234 g/mol. The summed E-state index contributed by atoms with van der Waals surface area (Å²) >= 11 is 0. The number of rotatable bonds is 5. The van der Waals surface area contributed by atoms with Gasteiger partial charge in [0.25, 0.3) is 0 Å². The predicted molar refractivity (Wildman–Crippen MR) is 81.4 cm³/mol. The molecule has 2 heteroatoms. The first-order chi connectivity index (χ1) is 8.86. The second-order valence-electron chi connectivity index (χ2n) is 7.80. The Bertz CT molecular complexity index is 292. The smallest absolute Gasteiger partial charge is 0.0677 e. The molecule has 0 radical (unpaired) electrons. The number of hydrogen-bond donors (Lipinski definition) is 1.